The second kappa shape index (κ2) is 7.09. The lowest BCUT2D eigenvalue weighted by Crippen LogP contribution is -2.38. The van der Waals surface area contributed by atoms with Gasteiger partial charge in [0, 0.05) is 25.6 Å². The maximum Gasteiger partial charge on any atom is 0.123 e. The molecule has 0 aliphatic carbocycles. The maximum atomic E-state index is 5.74. The smallest absolute Gasteiger partial charge is 0.123 e. The van der Waals surface area contributed by atoms with Crippen LogP contribution in [0.1, 0.15) is 38.8 Å². The Morgan fingerprint density at radius 1 is 1.35 bits per heavy atom. The quantitative estimate of drug-likeness (QED) is 0.829. The van der Waals surface area contributed by atoms with E-state index >= 15 is 0 Å². The van der Waals surface area contributed by atoms with Gasteiger partial charge < -0.3 is 15.0 Å². The molecule has 3 nitrogen and oxygen atoms in total. The minimum atomic E-state index is 0.329. The van der Waals surface area contributed by atoms with E-state index in [0.717, 1.165) is 38.3 Å². The van der Waals surface area contributed by atoms with Crippen molar-refractivity contribution < 1.29 is 4.74 Å². The molecule has 0 spiro atoms. The Balaban J connectivity index is 1.84. The summed E-state index contributed by atoms with van der Waals surface area (Å²) in [7, 11) is 0. The van der Waals surface area contributed by atoms with Crippen molar-refractivity contribution >= 4 is 0 Å². The van der Waals surface area contributed by atoms with E-state index in [-0.39, 0.29) is 0 Å². The van der Waals surface area contributed by atoms with Crippen LogP contribution in [-0.2, 0) is 13.0 Å². The van der Waals surface area contributed by atoms with Crippen molar-refractivity contribution in [3.05, 3.63) is 29.3 Å². The molecule has 0 amide bonds. The highest BCUT2D eigenvalue weighted by Gasteiger charge is 2.18. The van der Waals surface area contributed by atoms with E-state index in [1.165, 1.54) is 11.1 Å². The molecule has 0 saturated carbocycles. The largest absolute Gasteiger partial charge is 0.490 e. The number of ether oxygens (including phenoxy) is 1. The lowest BCUT2D eigenvalue weighted by molar-refractivity contribution is 0.254. The standard InChI is InChI=1S/C17H28N2O/c1-5-19(6-2)12-13(3)18-11-15-7-8-17-16(10-15)9-14(4)20-17/h7-8,10,13-14,18H,5-6,9,11-12H2,1-4H3. The number of rotatable bonds is 7. The van der Waals surface area contributed by atoms with Crippen molar-refractivity contribution in [2.45, 2.75) is 52.8 Å². The molecular weight excluding hydrogens is 248 g/mol. The van der Waals surface area contributed by atoms with Crippen LogP contribution in [0.2, 0.25) is 0 Å². The van der Waals surface area contributed by atoms with E-state index in [1.807, 2.05) is 0 Å². The number of benzene rings is 1. The molecule has 20 heavy (non-hydrogen) atoms. The first kappa shape index (κ1) is 15.3. The van der Waals surface area contributed by atoms with Crippen molar-refractivity contribution in [3.8, 4) is 5.75 Å². The Labute approximate surface area is 123 Å². The lowest BCUT2D eigenvalue weighted by atomic mass is 10.1. The van der Waals surface area contributed by atoms with Crippen LogP contribution in [0, 0.1) is 0 Å². The van der Waals surface area contributed by atoms with Gasteiger partial charge >= 0.3 is 0 Å². The van der Waals surface area contributed by atoms with Gasteiger partial charge in [-0.05, 0) is 44.1 Å². The molecule has 1 aromatic carbocycles. The number of fused-ring (bicyclic) bond motifs is 1. The average molecular weight is 276 g/mol. The van der Waals surface area contributed by atoms with E-state index in [1.54, 1.807) is 0 Å². The van der Waals surface area contributed by atoms with Gasteiger partial charge in [0.25, 0.3) is 0 Å². The molecule has 2 unspecified atom stereocenters. The summed E-state index contributed by atoms with van der Waals surface area (Å²) in [6.45, 7) is 13.1. The zero-order chi connectivity index (χ0) is 14.5. The molecule has 2 rings (SSSR count). The second-order valence-electron chi connectivity index (χ2n) is 5.84. The number of likely N-dealkylation sites (N-methyl/N-ethyl adjacent to an activating group) is 1. The Bertz CT molecular complexity index is 429. The third-order valence-electron chi connectivity index (χ3n) is 4.04. The van der Waals surface area contributed by atoms with E-state index < -0.39 is 0 Å². The van der Waals surface area contributed by atoms with Gasteiger partial charge in [-0.15, -0.1) is 0 Å². The first-order valence-corrected chi connectivity index (χ1v) is 7.86. The topological polar surface area (TPSA) is 24.5 Å². The van der Waals surface area contributed by atoms with E-state index in [2.05, 4.69) is 56.1 Å². The third kappa shape index (κ3) is 3.97. The second-order valence-corrected chi connectivity index (χ2v) is 5.84. The lowest BCUT2D eigenvalue weighted by Gasteiger charge is -2.23. The average Bonchev–Trinajstić information content (AvgIpc) is 2.81. The fourth-order valence-corrected chi connectivity index (χ4v) is 2.81. The molecule has 0 aromatic heterocycles. The van der Waals surface area contributed by atoms with Crippen LogP contribution in [0.3, 0.4) is 0 Å². The summed E-state index contributed by atoms with van der Waals surface area (Å²) in [5.74, 6) is 1.07. The summed E-state index contributed by atoms with van der Waals surface area (Å²) in [6.07, 6.45) is 1.37. The Hall–Kier alpha value is -1.06. The predicted octanol–water partition coefficient (Wildman–Crippen LogP) is 2.83. The molecule has 0 fully saturated rings. The van der Waals surface area contributed by atoms with Crippen molar-refractivity contribution in [3.63, 3.8) is 0 Å². The molecule has 0 radical (unpaired) electrons. The fourth-order valence-electron chi connectivity index (χ4n) is 2.81. The van der Waals surface area contributed by atoms with Gasteiger partial charge in [0.05, 0.1) is 0 Å². The molecule has 1 N–H and O–H groups in total. The highest BCUT2D eigenvalue weighted by atomic mass is 16.5. The summed E-state index contributed by atoms with van der Waals surface area (Å²) in [5.41, 5.74) is 2.71. The highest BCUT2D eigenvalue weighted by molar-refractivity contribution is 5.40. The van der Waals surface area contributed by atoms with Gasteiger partial charge in [-0.1, -0.05) is 26.0 Å². The minimum Gasteiger partial charge on any atom is -0.490 e. The van der Waals surface area contributed by atoms with Crippen molar-refractivity contribution in [1.29, 1.82) is 0 Å². The number of nitrogens with one attached hydrogen (secondary N) is 1. The van der Waals surface area contributed by atoms with Gasteiger partial charge in [0.15, 0.2) is 0 Å². The number of hydrogen-bond donors (Lipinski definition) is 1. The number of nitrogens with zero attached hydrogens (tertiary/aromatic N) is 1. The van der Waals surface area contributed by atoms with Crippen LogP contribution in [-0.4, -0.2) is 36.7 Å². The Morgan fingerprint density at radius 2 is 2.10 bits per heavy atom. The van der Waals surface area contributed by atoms with Crippen molar-refractivity contribution in [2.24, 2.45) is 0 Å². The molecule has 1 aliphatic rings. The summed E-state index contributed by atoms with van der Waals surface area (Å²) < 4.78 is 5.74. The van der Waals surface area contributed by atoms with Gasteiger partial charge in [-0.25, -0.2) is 0 Å². The van der Waals surface area contributed by atoms with Crippen LogP contribution in [0.25, 0.3) is 0 Å². The van der Waals surface area contributed by atoms with E-state index in [4.69, 9.17) is 4.74 Å². The first-order valence-electron chi connectivity index (χ1n) is 7.86. The zero-order valence-electron chi connectivity index (χ0n) is 13.3. The Kier molecular flexibility index (Phi) is 5.44. The number of hydrogen-bond acceptors (Lipinski definition) is 3. The van der Waals surface area contributed by atoms with Crippen molar-refractivity contribution in [1.82, 2.24) is 10.2 Å². The monoisotopic (exact) mass is 276 g/mol. The highest BCUT2D eigenvalue weighted by Crippen LogP contribution is 2.29. The molecule has 3 heteroatoms. The molecule has 1 heterocycles. The molecular formula is C17H28N2O. The van der Waals surface area contributed by atoms with Gasteiger partial charge in [0.2, 0.25) is 0 Å². The fraction of sp³-hybridized carbons (Fsp3) is 0.647. The van der Waals surface area contributed by atoms with Crippen molar-refractivity contribution in [2.75, 3.05) is 19.6 Å². The van der Waals surface area contributed by atoms with Crippen LogP contribution in [0.15, 0.2) is 18.2 Å². The molecule has 1 aromatic rings. The minimum absolute atomic E-state index is 0.329. The molecule has 1 aliphatic heterocycles. The third-order valence-corrected chi connectivity index (χ3v) is 4.04. The maximum absolute atomic E-state index is 5.74. The van der Waals surface area contributed by atoms with Crippen LogP contribution < -0.4 is 10.1 Å². The predicted molar refractivity (Wildman–Crippen MR) is 84.3 cm³/mol. The molecule has 112 valence electrons. The van der Waals surface area contributed by atoms with E-state index in [0.29, 0.717) is 12.1 Å². The summed E-state index contributed by atoms with van der Waals surface area (Å²) in [6, 6.07) is 7.09. The van der Waals surface area contributed by atoms with E-state index in [9.17, 15) is 0 Å². The normalized spacial score (nSPS) is 18.9. The van der Waals surface area contributed by atoms with Crippen LogP contribution >= 0.6 is 0 Å². The van der Waals surface area contributed by atoms with Crippen LogP contribution in [0.5, 0.6) is 5.75 Å². The van der Waals surface area contributed by atoms with Crippen LogP contribution in [0.4, 0.5) is 0 Å². The molecule has 0 saturated heterocycles. The van der Waals surface area contributed by atoms with Gasteiger partial charge in [-0.3, -0.25) is 0 Å². The van der Waals surface area contributed by atoms with Gasteiger partial charge in [0.1, 0.15) is 11.9 Å². The Morgan fingerprint density at radius 3 is 2.80 bits per heavy atom. The first-order chi connectivity index (χ1) is 9.62. The zero-order valence-corrected chi connectivity index (χ0v) is 13.3. The SMILES string of the molecule is CCN(CC)CC(C)NCc1ccc2c(c1)CC(C)O2. The summed E-state index contributed by atoms with van der Waals surface area (Å²) >= 11 is 0. The molecule has 2 atom stereocenters. The summed E-state index contributed by atoms with van der Waals surface area (Å²) in [4.78, 5) is 2.45. The summed E-state index contributed by atoms with van der Waals surface area (Å²) in [5, 5.41) is 3.62. The molecule has 0 bridgehead atoms. The van der Waals surface area contributed by atoms with Gasteiger partial charge in [-0.2, -0.15) is 0 Å².